The van der Waals surface area contributed by atoms with Crippen molar-refractivity contribution in [2.45, 2.75) is 33.3 Å². The lowest BCUT2D eigenvalue weighted by molar-refractivity contribution is -0.145. The molecule has 0 unspecified atom stereocenters. The Morgan fingerprint density at radius 1 is 1.15 bits per heavy atom. The third kappa shape index (κ3) is 4.94. The van der Waals surface area contributed by atoms with E-state index in [-0.39, 0.29) is 24.6 Å². The maximum atomic E-state index is 12.1. The fourth-order valence-electron chi connectivity index (χ4n) is 2.65. The molecule has 1 aromatic carbocycles. The van der Waals surface area contributed by atoms with Gasteiger partial charge in [0.15, 0.2) is 0 Å². The second-order valence-electron chi connectivity index (χ2n) is 6.40. The maximum absolute atomic E-state index is 12.1. The van der Waals surface area contributed by atoms with E-state index in [1.807, 2.05) is 44.2 Å². The van der Waals surface area contributed by atoms with Crippen LogP contribution in [0.5, 0.6) is 5.75 Å². The van der Waals surface area contributed by atoms with E-state index in [9.17, 15) is 9.59 Å². The molecule has 0 saturated heterocycles. The first-order valence-corrected chi connectivity index (χ1v) is 8.86. The standard InChI is InChI=1S/C21H22N2O4/c1-15-7-9-18(10-8-15)26-12-4-6-20(25)27-14-17-13-19(24)23-11-3-5-16(2)21(23)22-17/h3,5,7-11,13H,4,6,12,14H2,1-2H3. The summed E-state index contributed by atoms with van der Waals surface area (Å²) < 4.78 is 12.3. The van der Waals surface area contributed by atoms with Crippen LogP contribution in [0.4, 0.5) is 0 Å². The van der Waals surface area contributed by atoms with Crippen LogP contribution in [0.1, 0.15) is 29.7 Å². The first-order valence-electron chi connectivity index (χ1n) is 8.86. The average molecular weight is 366 g/mol. The minimum absolute atomic E-state index is 0.0161. The second kappa shape index (κ2) is 8.49. The van der Waals surface area contributed by atoms with Crippen LogP contribution in [0, 0.1) is 13.8 Å². The number of carbonyl (C=O) groups excluding carboxylic acids is 1. The van der Waals surface area contributed by atoms with Gasteiger partial charge < -0.3 is 9.47 Å². The number of pyridine rings is 1. The molecule has 0 aliphatic heterocycles. The van der Waals surface area contributed by atoms with Gasteiger partial charge in [-0.3, -0.25) is 14.0 Å². The average Bonchev–Trinajstić information content (AvgIpc) is 2.66. The summed E-state index contributed by atoms with van der Waals surface area (Å²) >= 11 is 0. The highest BCUT2D eigenvalue weighted by molar-refractivity contribution is 5.69. The summed E-state index contributed by atoms with van der Waals surface area (Å²) in [6.45, 7) is 4.32. The summed E-state index contributed by atoms with van der Waals surface area (Å²) in [5.41, 5.74) is 2.88. The van der Waals surface area contributed by atoms with Gasteiger partial charge in [0.05, 0.1) is 12.3 Å². The van der Waals surface area contributed by atoms with Crippen molar-refractivity contribution in [1.29, 1.82) is 0 Å². The van der Waals surface area contributed by atoms with Crippen LogP contribution in [0.15, 0.2) is 53.5 Å². The number of rotatable bonds is 7. The Bertz CT molecular complexity index is 993. The third-order valence-electron chi connectivity index (χ3n) is 4.14. The zero-order valence-corrected chi connectivity index (χ0v) is 15.5. The van der Waals surface area contributed by atoms with Gasteiger partial charge in [-0.25, -0.2) is 4.98 Å². The zero-order valence-electron chi connectivity index (χ0n) is 15.5. The molecule has 2 heterocycles. The Morgan fingerprint density at radius 3 is 2.70 bits per heavy atom. The van der Waals surface area contributed by atoms with Crippen LogP contribution in [-0.2, 0) is 16.1 Å². The number of fused-ring (bicyclic) bond motifs is 1. The third-order valence-corrected chi connectivity index (χ3v) is 4.14. The SMILES string of the molecule is Cc1ccc(OCCCC(=O)OCc2cc(=O)n3cccc(C)c3n2)cc1. The van der Waals surface area contributed by atoms with Gasteiger partial charge in [-0.1, -0.05) is 23.8 Å². The lowest BCUT2D eigenvalue weighted by atomic mass is 10.2. The normalized spacial score (nSPS) is 10.7. The summed E-state index contributed by atoms with van der Waals surface area (Å²) in [7, 11) is 0. The Labute approximate surface area is 157 Å². The summed E-state index contributed by atoms with van der Waals surface area (Å²) in [5.74, 6) is 0.444. The van der Waals surface area contributed by atoms with Gasteiger partial charge in [0.1, 0.15) is 18.0 Å². The van der Waals surface area contributed by atoms with E-state index in [0.29, 0.717) is 24.4 Å². The number of nitrogens with zero attached hydrogens (tertiary/aromatic N) is 2. The van der Waals surface area contributed by atoms with Crippen molar-refractivity contribution in [2.24, 2.45) is 0 Å². The summed E-state index contributed by atoms with van der Waals surface area (Å²) in [4.78, 5) is 28.4. The quantitative estimate of drug-likeness (QED) is 0.474. The van der Waals surface area contributed by atoms with Crippen molar-refractivity contribution in [2.75, 3.05) is 6.61 Å². The van der Waals surface area contributed by atoms with Gasteiger partial charge in [0.2, 0.25) is 0 Å². The molecule has 0 fully saturated rings. The molecule has 3 rings (SSSR count). The highest BCUT2D eigenvalue weighted by Crippen LogP contribution is 2.12. The van der Waals surface area contributed by atoms with Crippen LogP contribution in [0.2, 0.25) is 0 Å². The monoisotopic (exact) mass is 366 g/mol. The number of hydrogen-bond acceptors (Lipinski definition) is 5. The van der Waals surface area contributed by atoms with Gasteiger partial charge in [-0.2, -0.15) is 0 Å². The first kappa shape index (κ1) is 18.6. The summed E-state index contributed by atoms with van der Waals surface area (Å²) in [5, 5.41) is 0. The molecule has 0 N–H and O–H groups in total. The predicted octanol–water partition coefficient (Wildman–Crippen LogP) is 3.21. The van der Waals surface area contributed by atoms with Gasteiger partial charge in [-0.05, 0) is 44.0 Å². The Morgan fingerprint density at radius 2 is 1.93 bits per heavy atom. The molecule has 6 heteroatoms. The van der Waals surface area contributed by atoms with Gasteiger partial charge >= 0.3 is 5.97 Å². The smallest absolute Gasteiger partial charge is 0.306 e. The number of ether oxygens (including phenoxy) is 2. The van der Waals surface area contributed by atoms with E-state index in [2.05, 4.69) is 4.98 Å². The van der Waals surface area contributed by atoms with E-state index in [1.54, 1.807) is 12.3 Å². The van der Waals surface area contributed by atoms with Crippen LogP contribution < -0.4 is 10.3 Å². The molecule has 6 nitrogen and oxygen atoms in total. The lowest BCUT2D eigenvalue weighted by Crippen LogP contribution is -2.17. The molecule has 0 aliphatic rings. The molecule has 27 heavy (non-hydrogen) atoms. The van der Waals surface area contributed by atoms with Crippen molar-refractivity contribution < 1.29 is 14.3 Å². The molecule has 0 spiro atoms. The van der Waals surface area contributed by atoms with E-state index in [0.717, 1.165) is 11.3 Å². The first-order chi connectivity index (χ1) is 13.0. The molecule has 0 saturated carbocycles. The van der Waals surface area contributed by atoms with Gasteiger partial charge in [0.25, 0.3) is 5.56 Å². The lowest BCUT2D eigenvalue weighted by Gasteiger charge is -2.08. The van der Waals surface area contributed by atoms with Gasteiger partial charge in [0, 0.05) is 18.7 Å². The number of esters is 1. The highest BCUT2D eigenvalue weighted by Gasteiger charge is 2.08. The van der Waals surface area contributed by atoms with Crippen molar-refractivity contribution >= 4 is 11.6 Å². The van der Waals surface area contributed by atoms with E-state index in [1.165, 1.54) is 16.0 Å². The number of benzene rings is 1. The molecule has 0 amide bonds. The summed E-state index contributed by atoms with van der Waals surface area (Å²) in [6.07, 6.45) is 2.47. The number of aromatic nitrogens is 2. The van der Waals surface area contributed by atoms with Crippen molar-refractivity contribution in [3.63, 3.8) is 0 Å². The maximum Gasteiger partial charge on any atom is 0.306 e. The highest BCUT2D eigenvalue weighted by atomic mass is 16.5. The van der Waals surface area contributed by atoms with E-state index in [4.69, 9.17) is 9.47 Å². The molecule has 140 valence electrons. The van der Waals surface area contributed by atoms with Crippen molar-refractivity contribution in [3.8, 4) is 5.75 Å². The van der Waals surface area contributed by atoms with Gasteiger partial charge in [-0.15, -0.1) is 0 Å². The Hall–Kier alpha value is -3.15. The molecule has 0 radical (unpaired) electrons. The summed E-state index contributed by atoms with van der Waals surface area (Å²) in [6, 6.07) is 12.8. The van der Waals surface area contributed by atoms with Crippen LogP contribution in [0.25, 0.3) is 5.65 Å². The fraction of sp³-hybridized carbons (Fsp3) is 0.286. The van der Waals surface area contributed by atoms with E-state index < -0.39 is 0 Å². The molecule has 3 aromatic rings. The molecular formula is C21H22N2O4. The molecule has 0 atom stereocenters. The largest absolute Gasteiger partial charge is 0.494 e. The minimum Gasteiger partial charge on any atom is -0.494 e. The van der Waals surface area contributed by atoms with Crippen LogP contribution in [-0.4, -0.2) is 22.0 Å². The Balaban J connectivity index is 1.48. The zero-order chi connectivity index (χ0) is 19.2. The molecule has 2 aromatic heterocycles. The Kier molecular flexibility index (Phi) is 5.86. The number of carbonyl (C=O) groups is 1. The van der Waals surface area contributed by atoms with Crippen molar-refractivity contribution in [3.05, 3.63) is 75.8 Å². The molecular weight excluding hydrogens is 344 g/mol. The minimum atomic E-state index is -0.339. The topological polar surface area (TPSA) is 69.9 Å². The molecule has 0 aliphatic carbocycles. The fourth-order valence-corrected chi connectivity index (χ4v) is 2.65. The molecule has 0 bridgehead atoms. The van der Waals surface area contributed by atoms with Crippen LogP contribution in [0.3, 0.4) is 0 Å². The predicted molar refractivity (Wildman–Crippen MR) is 102 cm³/mol. The van der Waals surface area contributed by atoms with E-state index >= 15 is 0 Å². The van der Waals surface area contributed by atoms with Crippen LogP contribution >= 0.6 is 0 Å². The number of aryl methyl sites for hydroxylation is 2. The second-order valence-corrected chi connectivity index (χ2v) is 6.40. The number of hydrogen-bond donors (Lipinski definition) is 0. The van der Waals surface area contributed by atoms with Crippen molar-refractivity contribution in [1.82, 2.24) is 9.38 Å².